The molecule has 1 heterocycles. The zero-order valence-corrected chi connectivity index (χ0v) is 14.8. The van der Waals surface area contributed by atoms with Crippen LogP contribution in [0.2, 0.25) is 0 Å². The minimum atomic E-state index is -0.421. The summed E-state index contributed by atoms with van der Waals surface area (Å²) in [5.41, 5.74) is 4.08. The molecule has 1 fully saturated rings. The number of ether oxygens (including phenoxy) is 2. The molecule has 0 saturated carbocycles. The van der Waals surface area contributed by atoms with Crippen LogP contribution in [-0.4, -0.2) is 62.2 Å². The number of thiocarbonyl (C=S) groups is 1. The van der Waals surface area contributed by atoms with Crippen molar-refractivity contribution in [1.29, 1.82) is 0 Å². The Kier molecular flexibility index (Phi) is 7.36. The van der Waals surface area contributed by atoms with Crippen LogP contribution in [-0.2, 0) is 4.74 Å². The molecule has 1 aromatic rings. The number of hydrogen-bond acceptors (Lipinski definition) is 5. The Morgan fingerprint density at radius 2 is 2.17 bits per heavy atom. The van der Waals surface area contributed by atoms with Crippen LogP contribution in [0.5, 0.6) is 5.75 Å². The summed E-state index contributed by atoms with van der Waals surface area (Å²) in [5.74, 6) is -0.212. The van der Waals surface area contributed by atoms with Gasteiger partial charge in [0.25, 0.3) is 0 Å². The van der Waals surface area contributed by atoms with E-state index in [0.717, 1.165) is 39.4 Å². The van der Waals surface area contributed by atoms with Crippen LogP contribution in [0.3, 0.4) is 0 Å². The Bertz CT molecular complexity index is 591. The van der Waals surface area contributed by atoms with Crippen molar-refractivity contribution in [3.8, 4) is 5.75 Å². The number of nitrogens with one attached hydrogen (secondary N) is 2. The van der Waals surface area contributed by atoms with Gasteiger partial charge in [-0.3, -0.25) is 10.3 Å². The van der Waals surface area contributed by atoms with Gasteiger partial charge in [0.15, 0.2) is 16.7 Å². The number of morpholine rings is 1. The fourth-order valence-corrected chi connectivity index (χ4v) is 2.43. The summed E-state index contributed by atoms with van der Waals surface area (Å²) in [6.45, 7) is 6.87. The zero-order valence-electron chi connectivity index (χ0n) is 14.0. The highest BCUT2D eigenvalue weighted by Gasteiger charge is 2.09. The SMILES string of the molecule is COc1ccc(/C(C)=N\NC(=S)NCCN2CCOCC2)cc1F. The molecule has 0 spiro atoms. The quantitative estimate of drug-likeness (QED) is 0.457. The molecule has 8 heteroatoms. The highest BCUT2D eigenvalue weighted by molar-refractivity contribution is 7.80. The van der Waals surface area contributed by atoms with E-state index >= 15 is 0 Å². The Morgan fingerprint density at radius 3 is 2.83 bits per heavy atom. The van der Waals surface area contributed by atoms with Crippen molar-refractivity contribution in [3.63, 3.8) is 0 Å². The van der Waals surface area contributed by atoms with Crippen LogP contribution in [0.4, 0.5) is 4.39 Å². The van der Waals surface area contributed by atoms with Crippen LogP contribution in [0.1, 0.15) is 12.5 Å². The van der Waals surface area contributed by atoms with Gasteiger partial charge in [-0.2, -0.15) is 5.10 Å². The number of nitrogens with zero attached hydrogens (tertiary/aromatic N) is 2. The van der Waals surface area contributed by atoms with Crippen LogP contribution >= 0.6 is 12.2 Å². The van der Waals surface area contributed by atoms with E-state index in [1.807, 2.05) is 0 Å². The predicted octanol–water partition coefficient (Wildman–Crippen LogP) is 1.35. The van der Waals surface area contributed by atoms with Crippen molar-refractivity contribution >= 4 is 23.0 Å². The third-order valence-electron chi connectivity index (χ3n) is 3.71. The lowest BCUT2D eigenvalue weighted by molar-refractivity contribution is 0.0389. The molecule has 1 saturated heterocycles. The molecule has 0 atom stereocenters. The molecule has 1 aromatic carbocycles. The number of halogens is 1. The van der Waals surface area contributed by atoms with Crippen molar-refractivity contribution in [2.24, 2.45) is 5.10 Å². The first kappa shape index (κ1) is 18.6. The second-order valence-electron chi connectivity index (χ2n) is 5.37. The average molecular weight is 354 g/mol. The van der Waals surface area contributed by atoms with Crippen LogP contribution in [0.25, 0.3) is 0 Å². The monoisotopic (exact) mass is 354 g/mol. The molecule has 0 radical (unpaired) electrons. The van der Waals surface area contributed by atoms with E-state index in [0.29, 0.717) is 16.4 Å². The normalized spacial score (nSPS) is 15.9. The van der Waals surface area contributed by atoms with Gasteiger partial charge in [0, 0.05) is 31.7 Å². The summed E-state index contributed by atoms with van der Waals surface area (Å²) in [7, 11) is 1.43. The second kappa shape index (κ2) is 9.51. The predicted molar refractivity (Wildman–Crippen MR) is 96.2 cm³/mol. The molecule has 24 heavy (non-hydrogen) atoms. The standard InChI is InChI=1S/C16H23FN4O2S/c1-12(13-3-4-15(22-2)14(17)11-13)19-20-16(24)18-5-6-21-7-9-23-10-8-21/h3-4,11H,5-10H2,1-2H3,(H2,18,20,24)/b19-12-. The summed E-state index contributed by atoms with van der Waals surface area (Å²) >= 11 is 5.19. The van der Waals surface area contributed by atoms with Crippen molar-refractivity contribution in [2.75, 3.05) is 46.5 Å². The largest absolute Gasteiger partial charge is 0.494 e. The van der Waals surface area contributed by atoms with Crippen LogP contribution in [0.15, 0.2) is 23.3 Å². The van der Waals surface area contributed by atoms with Gasteiger partial charge < -0.3 is 14.8 Å². The van der Waals surface area contributed by atoms with Crippen molar-refractivity contribution in [1.82, 2.24) is 15.6 Å². The van der Waals surface area contributed by atoms with Gasteiger partial charge in [-0.1, -0.05) is 0 Å². The van der Waals surface area contributed by atoms with Gasteiger partial charge in [-0.15, -0.1) is 0 Å². The number of methoxy groups -OCH3 is 1. The fraction of sp³-hybridized carbons (Fsp3) is 0.500. The Balaban J connectivity index is 1.76. The Hall–Kier alpha value is -1.77. The summed E-state index contributed by atoms with van der Waals surface area (Å²) in [5, 5.41) is 7.72. The molecule has 0 aliphatic carbocycles. The summed E-state index contributed by atoms with van der Waals surface area (Å²) in [4.78, 5) is 2.31. The fourth-order valence-electron chi connectivity index (χ4n) is 2.28. The van der Waals surface area contributed by atoms with Gasteiger partial charge in [0.2, 0.25) is 0 Å². The maximum atomic E-state index is 13.7. The average Bonchev–Trinajstić information content (AvgIpc) is 2.60. The zero-order chi connectivity index (χ0) is 17.4. The first-order valence-corrected chi connectivity index (χ1v) is 8.23. The third kappa shape index (κ3) is 5.70. The number of rotatable bonds is 6. The van der Waals surface area contributed by atoms with Crippen molar-refractivity contribution < 1.29 is 13.9 Å². The van der Waals surface area contributed by atoms with Gasteiger partial charge in [0.05, 0.1) is 26.0 Å². The number of benzene rings is 1. The van der Waals surface area contributed by atoms with Gasteiger partial charge >= 0.3 is 0 Å². The van der Waals surface area contributed by atoms with Crippen molar-refractivity contribution in [3.05, 3.63) is 29.6 Å². The Morgan fingerprint density at radius 1 is 1.42 bits per heavy atom. The number of hydrazone groups is 1. The lowest BCUT2D eigenvalue weighted by Crippen LogP contribution is -2.42. The highest BCUT2D eigenvalue weighted by Crippen LogP contribution is 2.17. The maximum Gasteiger partial charge on any atom is 0.187 e. The molecule has 0 aromatic heterocycles. The topological polar surface area (TPSA) is 58.1 Å². The van der Waals surface area contributed by atoms with Gasteiger partial charge in [-0.05, 0) is 37.3 Å². The molecule has 1 aliphatic heterocycles. The lowest BCUT2D eigenvalue weighted by Gasteiger charge is -2.26. The molecule has 1 aliphatic rings. The van der Waals surface area contributed by atoms with Gasteiger partial charge in [-0.25, -0.2) is 4.39 Å². The third-order valence-corrected chi connectivity index (χ3v) is 3.95. The van der Waals surface area contributed by atoms with Crippen LogP contribution in [0, 0.1) is 5.82 Å². The van der Waals surface area contributed by atoms with E-state index in [4.69, 9.17) is 21.7 Å². The smallest absolute Gasteiger partial charge is 0.187 e. The summed E-state index contributed by atoms with van der Waals surface area (Å²) in [6, 6.07) is 4.70. The van der Waals surface area contributed by atoms with E-state index < -0.39 is 5.82 Å². The van der Waals surface area contributed by atoms with E-state index in [-0.39, 0.29) is 5.75 Å². The summed E-state index contributed by atoms with van der Waals surface area (Å²) < 4.78 is 23.9. The van der Waals surface area contributed by atoms with Gasteiger partial charge in [0.1, 0.15) is 0 Å². The molecular formula is C16H23FN4O2S. The highest BCUT2D eigenvalue weighted by atomic mass is 32.1. The van der Waals surface area contributed by atoms with E-state index in [1.54, 1.807) is 19.1 Å². The minimum Gasteiger partial charge on any atom is -0.494 e. The molecule has 6 nitrogen and oxygen atoms in total. The van der Waals surface area contributed by atoms with Crippen molar-refractivity contribution in [2.45, 2.75) is 6.92 Å². The lowest BCUT2D eigenvalue weighted by atomic mass is 10.1. The van der Waals surface area contributed by atoms with E-state index in [1.165, 1.54) is 13.2 Å². The first-order valence-electron chi connectivity index (χ1n) is 7.82. The summed E-state index contributed by atoms with van der Waals surface area (Å²) in [6.07, 6.45) is 0. The van der Waals surface area contributed by atoms with E-state index in [9.17, 15) is 4.39 Å². The second-order valence-corrected chi connectivity index (χ2v) is 5.78. The first-order chi connectivity index (χ1) is 11.6. The molecular weight excluding hydrogens is 331 g/mol. The molecule has 0 bridgehead atoms. The van der Waals surface area contributed by atoms with E-state index in [2.05, 4.69) is 20.7 Å². The molecule has 2 N–H and O–H groups in total. The minimum absolute atomic E-state index is 0.208. The molecule has 2 rings (SSSR count). The van der Waals surface area contributed by atoms with Crippen LogP contribution < -0.4 is 15.5 Å². The molecule has 0 unspecified atom stereocenters. The Labute approximate surface area is 147 Å². The molecule has 0 amide bonds. The molecule has 132 valence electrons. The maximum absolute atomic E-state index is 13.7. The number of hydrogen-bond donors (Lipinski definition) is 2.